The maximum absolute atomic E-state index is 13.6. The molecule has 4 N–H and O–H groups in total. The lowest BCUT2D eigenvalue weighted by Gasteiger charge is -2.30. The van der Waals surface area contributed by atoms with E-state index in [-0.39, 0.29) is 47.7 Å². The number of carbonyl (C=O) groups excluding carboxylic acids is 4. The first kappa shape index (κ1) is 39.6. The normalized spacial score (nSPS) is 22.0. The van der Waals surface area contributed by atoms with Crippen LogP contribution in [-0.4, -0.2) is 110 Å². The predicted octanol–water partition coefficient (Wildman–Crippen LogP) is 5.84. The van der Waals surface area contributed by atoms with Crippen molar-refractivity contribution in [2.45, 2.75) is 89.5 Å². The number of carbonyl (C=O) groups is 4. The summed E-state index contributed by atoms with van der Waals surface area (Å²) < 4.78 is 11.7. The summed E-state index contributed by atoms with van der Waals surface area (Å²) in [4.78, 5) is 76.4. The van der Waals surface area contributed by atoms with Crippen LogP contribution in [0.2, 0.25) is 0 Å². The van der Waals surface area contributed by atoms with Gasteiger partial charge in [-0.05, 0) is 67.4 Å². The molecule has 4 aliphatic rings. The molecule has 310 valence electrons. The number of nitrogens with zero attached hydrogens (tertiary/aromatic N) is 6. The number of benzene rings is 1. The molecule has 0 saturated carbocycles. The zero-order chi connectivity index (χ0) is 41.5. The van der Waals surface area contributed by atoms with Crippen LogP contribution in [0.1, 0.15) is 94.4 Å². The first-order valence-corrected chi connectivity index (χ1v) is 20.4. The number of hydrogen-bond acceptors (Lipinski definition) is 9. The summed E-state index contributed by atoms with van der Waals surface area (Å²) in [6.45, 7) is 8.79. The van der Waals surface area contributed by atoms with E-state index in [1.807, 2.05) is 56.2 Å². The van der Waals surface area contributed by atoms with Crippen LogP contribution in [0.3, 0.4) is 0 Å². The van der Waals surface area contributed by atoms with Crippen molar-refractivity contribution >= 4 is 46.8 Å². The molecule has 3 aromatic heterocycles. The fourth-order valence-electron chi connectivity index (χ4n) is 8.90. The van der Waals surface area contributed by atoms with Gasteiger partial charge >= 0.3 is 12.2 Å². The molecule has 0 spiro atoms. The van der Waals surface area contributed by atoms with Crippen LogP contribution in [0.25, 0.3) is 27.7 Å². The lowest BCUT2D eigenvalue weighted by Crippen LogP contribution is -2.51. The van der Waals surface area contributed by atoms with E-state index in [1.165, 1.54) is 14.2 Å². The van der Waals surface area contributed by atoms with Gasteiger partial charge in [-0.1, -0.05) is 45.9 Å². The lowest BCUT2D eigenvalue weighted by molar-refractivity contribution is -0.136. The zero-order valence-corrected chi connectivity index (χ0v) is 34.3. The van der Waals surface area contributed by atoms with Gasteiger partial charge in [0.1, 0.15) is 23.7 Å². The maximum Gasteiger partial charge on any atom is 0.407 e. The fourth-order valence-corrected chi connectivity index (χ4v) is 8.90. The Morgan fingerprint density at radius 2 is 1.37 bits per heavy atom. The smallest absolute Gasteiger partial charge is 0.407 e. The maximum atomic E-state index is 13.6. The Balaban J connectivity index is 0.968. The molecule has 16 nitrogen and oxygen atoms in total. The Labute approximate surface area is 342 Å². The molecule has 8 rings (SSSR count). The summed E-state index contributed by atoms with van der Waals surface area (Å²) in [7, 11) is 2.58. The average Bonchev–Trinajstić information content (AvgIpc) is 4.09. The van der Waals surface area contributed by atoms with Gasteiger partial charge in [0.25, 0.3) is 0 Å². The van der Waals surface area contributed by atoms with Gasteiger partial charge in [-0.25, -0.2) is 19.6 Å². The molecule has 1 aromatic carbocycles. The minimum atomic E-state index is -0.697. The average molecular weight is 805 g/mol. The van der Waals surface area contributed by atoms with Crippen molar-refractivity contribution in [1.29, 1.82) is 0 Å². The molecule has 3 aliphatic heterocycles. The number of aromatic amines is 2. The molecule has 59 heavy (non-hydrogen) atoms. The third kappa shape index (κ3) is 7.51. The number of nitrogens with one attached hydrogen (secondary N) is 4. The first-order chi connectivity index (χ1) is 28.4. The van der Waals surface area contributed by atoms with Gasteiger partial charge in [0.15, 0.2) is 0 Å². The van der Waals surface area contributed by atoms with Crippen molar-refractivity contribution in [1.82, 2.24) is 44.9 Å². The third-order valence-electron chi connectivity index (χ3n) is 12.1. The molecule has 2 unspecified atom stereocenters. The summed E-state index contributed by atoms with van der Waals surface area (Å²) in [6.07, 6.45) is 14.0. The van der Waals surface area contributed by atoms with Crippen LogP contribution in [0.5, 0.6) is 0 Å². The Morgan fingerprint density at radius 1 is 0.797 bits per heavy atom. The lowest BCUT2D eigenvalue weighted by atomic mass is 9.88. The molecule has 16 heteroatoms. The Bertz CT molecular complexity index is 2350. The summed E-state index contributed by atoms with van der Waals surface area (Å²) in [5.41, 5.74) is 5.87. The van der Waals surface area contributed by atoms with Crippen LogP contribution in [0, 0.1) is 11.8 Å². The number of rotatable bonds is 10. The molecule has 2 fully saturated rings. The number of fused-ring (bicyclic) bond motifs is 5. The number of alkyl carbamates (subject to hydrolysis) is 2. The van der Waals surface area contributed by atoms with Crippen LogP contribution in [0.15, 0.2) is 59.9 Å². The number of H-pyrrole nitrogens is 2. The van der Waals surface area contributed by atoms with E-state index in [1.54, 1.807) is 0 Å². The van der Waals surface area contributed by atoms with Gasteiger partial charge in [0, 0.05) is 35.7 Å². The van der Waals surface area contributed by atoms with Gasteiger partial charge in [-0.15, -0.1) is 0 Å². The van der Waals surface area contributed by atoms with E-state index in [4.69, 9.17) is 24.4 Å². The number of ether oxygens (including phenoxy) is 2. The predicted molar refractivity (Wildman–Crippen MR) is 221 cm³/mol. The minimum Gasteiger partial charge on any atom is -0.453 e. The largest absolute Gasteiger partial charge is 0.453 e. The van der Waals surface area contributed by atoms with E-state index in [9.17, 15) is 19.2 Å². The second-order valence-corrected chi connectivity index (χ2v) is 16.4. The Hall–Kier alpha value is -6.19. The van der Waals surface area contributed by atoms with Crippen LogP contribution in [0.4, 0.5) is 9.59 Å². The van der Waals surface area contributed by atoms with Crippen molar-refractivity contribution in [3.63, 3.8) is 0 Å². The highest BCUT2D eigenvalue weighted by Gasteiger charge is 2.39. The van der Waals surface area contributed by atoms with E-state index < -0.39 is 24.3 Å². The number of amides is 4. The van der Waals surface area contributed by atoms with Crippen molar-refractivity contribution in [2.75, 3.05) is 27.3 Å². The van der Waals surface area contributed by atoms with E-state index in [0.717, 1.165) is 76.5 Å². The van der Waals surface area contributed by atoms with Gasteiger partial charge in [-0.2, -0.15) is 0 Å². The summed E-state index contributed by atoms with van der Waals surface area (Å²) >= 11 is 0. The SMILES string of the molecule is COC(=O)N[C@H](C(=O)N1CCC[C@H]1c1ncc(C2=CC3N=Cn4c(cc5cc(-c6cnc([C@@H]7CCCN7C(=O)[C@@H](NC(=O)OC)C(C)C)[nH]6)ccc54)C3C=C2)[nH]1)C(C)C. The molecular weight excluding hydrogens is 753 g/mol. The number of imidazole rings is 2. The highest BCUT2D eigenvalue weighted by atomic mass is 16.5. The molecule has 0 bridgehead atoms. The molecule has 4 aromatic rings. The second kappa shape index (κ2) is 16.2. The van der Waals surface area contributed by atoms with Crippen molar-refractivity contribution in [3.05, 3.63) is 77.9 Å². The van der Waals surface area contributed by atoms with E-state index in [2.05, 4.69) is 67.7 Å². The van der Waals surface area contributed by atoms with Crippen LogP contribution < -0.4 is 10.6 Å². The fraction of sp³-hybridized carbons (Fsp3) is 0.465. The molecule has 0 radical (unpaired) electrons. The number of aliphatic imine (C=N–C) groups is 1. The number of aromatic nitrogens is 5. The monoisotopic (exact) mass is 804 g/mol. The highest BCUT2D eigenvalue weighted by molar-refractivity contribution is 5.92. The molecule has 1 aliphatic carbocycles. The standard InChI is InChI=1S/C43H52N10O6/c1-23(2)36(49-42(56)58-5)40(54)51-15-7-9-33(51)38-44-20-30(47-38)25-12-14-32-27(17-25)19-35-28-13-11-26(18-29(28)46-22-53(32)35)31-21-45-39(48-31)34-10-8-16-52(34)41(55)37(24(3)4)50-43(57)59-6/h11-14,17-24,28-29,33-34,36-37H,7-10,15-16H2,1-6H3,(H,44,47)(H,45,48)(H,49,56)(H,50,57)/t28?,29?,33-,34-,36-,37-/m0/s1. The Morgan fingerprint density at radius 3 is 1.95 bits per heavy atom. The zero-order valence-electron chi connectivity index (χ0n) is 34.3. The van der Waals surface area contributed by atoms with Crippen molar-refractivity contribution in [2.24, 2.45) is 16.8 Å². The number of hydrogen-bond donors (Lipinski definition) is 4. The molecular formula is C43H52N10O6. The minimum absolute atomic E-state index is 0.0354. The van der Waals surface area contributed by atoms with Crippen LogP contribution in [-0.2, 0) is 19.1 Å². The quantitative estimate of drug-likeness (QED) is 0.154. The van der Waals surface area contributed by atoms with E-state index in [0.29, 0.717) is 13.1 Å². The van der Waals surface area contributed by atoms with Gasteiger partial charge < -0.3 is 44.4 Å². The Kier molecular flexibility index (Phi) is 10.9. The van der Waals surface area contributed by atoms with Crippen molar-refractivity contribution in [3.8, 4) is 11.3 Å². The van der Waals surface area contributed by atoms with Gasteiger partial charge in [0.05, 0.1) is 68.0 Å². The topological polar surface area (TPSA) is 192 Å². The number of methoxy groups -OCH3 is 2. The molecule has 2 saturated heterocycles. The van der Waals surface area contributed by atoms with E-state index >= 15 is 0 Å². The summed E-state index contributed by atoms with van der Waals surface area (Å²) in [5.74, 6) is 0.965. The van der Waals surface area contributed by atoms with Gasteiger partial charge in [-0.3, -0.25) is 14.6 Å². The molecule has 4 amide bonds. The van der Waals surface area contributed by atoms with Crippen LogP contribution >= 0.6 is 0 Å². The number of likely N-dealkylation sites (tertiary alicyclic amines) is 2. The van der Waals surface area contributed by atoms with Crippen molar-refractivity contribution < 1.29 is 28.7 Å². The summed E-state index contributed by atoms with van der Waals surface area (Å²) in [6, 6.07) is 6.60. The molecule has 6 heterocycles. The van der Waals surface area contributed by atoms with Gasteiger partial charge in [0.2, 0.25) is 11.8 Å². The highest BCUT2D eigenvalue weighted by Crippen LogP contribution is 2.39. The number of allylic oxidation sites excluding steroid dienone is 2. The first-order valence-electron chi connectivity index (χ1n) is 20.4. The summed E-state index contributed by atoms with van der Waals surface area (Å²) in [5, 5.41) is 6.49. The second-order valence-electron chi connectivity index (χ2n) is 16.4. The molecule has 6 atom stereocenters. The third-order valence-corrected chi connectivity index (χ3v) is 12.1.